The Kier molecular flexibility index (Phi) is 3.47. The highest BCUT2D eigenvalue weighted by Gasteiger charge is 2.24. The summed E-state index contributed by atoms with van der Waals surface area (Å²) in [7, 11) is 0. The van der Waals surface area contributed by atoms with Crippen LogP contribution in [0.1, 0.15) is 41.4 Å². The first-order chi connectivity index (χ1) is 10.3. The summed E-state index contributed by atoms with van der Waals surface area (Å²) < 4.78 is 3.53. The molecule has 5 heteroatoms. The summed E-state index contributed by atoms with van der Waals surface area (Å²) in [6.45, 7) is 4.10. The fraction of sp³-hybridized carbons (Fsp3) is 0.562. The van der Waals surface area contributed by atoms with Gasteiger partial charge in [-0.1, -0.05) is 0 Å². The van der Waals surface area contributed by atoms with Crippen LogP contribution in [-0.4, -0.2) is 41.6 Å². The Morgan fingerprint density at radius 1 is 1.29 bits per heavy atom. The van der Waals surface area contributed by atoms with Crippen molar-refractivity contribution in [2.75, 3.05) is 26.2 Å². The average Bonchev–Trinajstić information content (AvgIpc) is 2.87. The summed E-state index contributed by atoms with van der Waals surface area (Å²) in [5, 5.41) is 4.25. The minimum atomic E-state index is 0.0772. The number of nitrogens with one attached hydrogen (secondary N) is 1. The molecular formula is C16H21N3OS. The first kappa shape index (κ1) is 13.3. The zero-order chi connectivity index (χ0) is 14.2. The second kappa shape index (κ2) is 5.46. The van der Waals surface area contributed by atoms with E-state index in [1.165, 1.54) is 48.9 Å². The Morgan fingerprint density at radius 3 is 2.81 bits per heavy atom. The lowest BCUT2D eigenvalue weighted by molar-refractivity contribution is 0.0954. The average molecular weight is 303 g/mol. The van der Waals surface area contributed by atoms with Crippen molar-refractivity contribution in [3.63, 3.8) is 0 Å². The van der Waals surface area contributed by atoms with E-state index in [2.05, 4.69) is 27.2 Å². The minimum Gasteiger partial charge on any atom is -0.350 e. The molecule has 0 radical (unpaired) electrons. The highest BCUT2D eigenvalue weighted by Crippen LogP contribution is 2.38. The molecule has 1 aliphatic heterocycles. The van der Waals surface area contributed by atoms with E-state index in [9.17, 15) is 4.79 Å². The second-order valence-corrected chi connectivity index (χ2v) is 7.26. The Balaban J connectivity index is 1.35. The molecule has 2 aliphatic rings. The SMILES string of the molecule is O=C(NCCN1CCCC1)c1cc2cn(C3CC3)cc2s1. The van der Waals surface area contributed by atoms with E-state index in [1.807, 2.05) is 6.07 Å². The molecule has 1 aliphatic carbocycles. The van der Waals surface area contributed by atoms with Crippen LogP contribution in [0, 0.1) is 0 Å². The van der Waals surface area contributed by atoms with E-state index in [-0.39, 0.29) is 5.91 Å². The van der Waals surface area contributed by atoms with E-state index in [4.69, 9.17) is 0 Å². The second-order valence-electron chi connectivity index (χ2n) is 6.17. The molecule has 0 aromatic carbocycles. The maximum atomic E-state index is 12.2. The molecule has 0 unspecified atom stereocenters. The van der Waals surface area contributed by atoms with Gasteiger partial charge in [-0.05, 0) is 44.8 Å². The lowest BCUT2D eigenvalue weighted by atomic mass is 10.3. The van der Waals surface area contributed by atoms with Gasteiger partial charge in [0.25, 0.3) is 5.91 Å². The van der Waals surface area contributed by atoms with Crippen LogP contribution in [0.5, 0.6) is 0 Å². The molecule has 4 rings (SSSR count). The van der Waals surface area contributed by atoms with Crippen molar-refractivity contribution < 1.29 is 4.79 Å². The molecule has 2 aromatic heterocycles. The summed E-state index contributed by atoms with van der Waals surface area (Å²) in [6, 6.07) is 2.74. The zero-order valence-corrected chi connectivity index (χ0v) is 13.0. The molecule has 0 spiro atoms. The Hall–Kier alpha value is -1.33. The third-order valence-corrected chi connectivity index (χ3v) is 5.53. The van der Waals surface area contributed by atoms with Crippen LogP contribution in [0.4, 0.5) is 0 Å². The molecule has 3 heterocycles. The highest BCUT2D eigenvalue weighted by atomic mass is 32.1. The molecule has 1 N–H and O–H groups in total. The molecule has 0 bridgehead atoms. The van der Waals surface area contributed by atoms with E-state index in [1.54, 1.807) is 11.3 Å². The van der Waals surface area contributed by atoms with Gasteiger partial charge in [0.15, 0.2) is 0 Å². The van der Waals surface area contributed by atoms with Crippen LogP contribution in [0.2, 0.25) is 0 Å². The number of nitrogens with zero attached hydrogens (tertiary/aromatic N) is 2. The van der Waals surface area contributed by atoms with E-state index in [0.29, 0.717) is 6.04 Å². The van der Waals surface area contributed by atoms with Crippen molar-refractivity contribution in [2.45, 2.75) is 31.7 Å². The maximum absolute atomic E-state index is 12.2. The number of carbonyl (C=O) groups is 1. The number of fused-ring (bicyclic) bond motifs is 1. The number of likely N-dealkylation sites (tertiary alicyclic amines) is 1. The number of hydrogen-bond donors (Lipinski definition) is 1. The van der Waals surface area contributed by atoms with Crippen molar-refractivity contribution in [3.05, 3.63) is 23.3 Å². The van der Waals surface area contributed by atoms with Gasteiger partial charge in [-0.25, -0.2) is 0 Å². The van der Waals surface area contributed by atoms with Gasteiger partial charge in [0.1, 0.15) is 0 Å². The summed E-state index contributed by atoms with van der Waals surface area (Å²) in [6.07, 6.45) is 9.57. The van der Waals surface area contributed by atoms with Crippen LogP contribution in [0.25, 0.3) is 10.1 Å². The summed E-state index contributed by atoms with van der Waals surface area (Å²) in [5.41, 5.74) is 0. The third kappa shape index (κ3) is 2.85. The van der Waals surface area contributed by atoms with Gasteiger partial charge in [0, 0.05) is 36.9 Å². The molecule has 21 heavy (non-hydrogen) atoms. The monoisotopic (exact) mass is 303 g/mol. The van der Waals surface area contributed by atoms with E-state index < -0.39 is 0 Å². The van der Waals surface area contributed by atoms with Crippen LogP contribution < -0.4 is 5.32 Å². The summed E-state index contributed by atoms with van der Waals surface area (Å²) >= 11 is 1.61. The summed E-state index contributed by atoms with van der Waals surface area (Å²) in [5.74, 6) is 0.0772. The Bertz CT molecular complexity index is 618. The fourth-order valence-electron chi connectivity index (χ4n) is 3.07. The van der Waals surface area contributed by atoms with Gasteiger partial charge in [0.2, 0.25) is 0 Å². The molecule has 2 fully saturated rings. The largest absolute Gasteiger partial charge is 0.350 e. The molecule has 1 amide bonds. The van der Waals surface area contributed by atoms with Crippen LogP contribution in [-0.2, 0) is 0 Å². The predicted octanol–water partition coefficient (Wildman–Crippen LogP) is 2.86. The van der Waals surface area contributed by atoms with E-state index in [0.717, 1.165) is 18.0 Å². The topological polar surface area (TPSA) is 37.3 Å². The number of rotatable bonds is 5. The first-order valence-electron chi connectivity index (χ1n) is 7.91. The standard InChI is InChI=1S/C16H21N3OS/c20-16(17-5-8-18-6-1-2-7-18)14-9-12-10-19(13-3-4-13)11-15(12)21-14/h9-11,13H,1-8H2,(H,17,20). The molecular weight excluding hydrogens is 282 g/mol. The number of amides is 1. The Labute approximate surface area is 128 Å². The van der Waals surface area contributed by atoms with Crippen LogP contribution in [0.15, 0.2) is 18.5 Å². The highest BCUT2D eigenvalue weighted by molar-refractivity contribution is 7.20. The lowest BCUT2D eigenvalue weighted by Gasteiger charge is -2.14. The number of hydrogen-bond acceptors (Lipinski definition) is 3. The van der Waals surface area contributed by atoms with Crippen molar-refractivity contribution in [1.82, 2.24) is 14.8 Å². The number of aromatic nitrogens is 1. The van der Waals surface area contributed by atoms with Gasteiger partial charge < -0.3 is 14.8 Å². The predicted molar refractivity (Wildman–Crippen MR) is 86.1 cm³/mol. The maximum Gasteiger partial charge on any atom is 0.261 e. The number of carbonyl (C=O) groups excluding carboxylic acids is 1. The van der Waals surface area contributed by atoms with E-state index >= 15 is 0 Å². The third-order valence-electron chi connectivity index (χ3n) is 4.45. The van der Waals surface area contributed by atoms with Gasteiger partial charge >= 0.3 is 0 Å². The van der Waals surface area contributed by atoms with Gasteiger partial charge in [-0.3, -0.25) is 4.79 Å². The summed E-state index contributed by atoms with van der Waals surface area (Å²) in [4.78, 5) is 15.4. The smallest absolute Gasteiger partial charge is 0.261 e. The number of thiophene rings is 1. The molecule has 1 saturated carbocycles. The van der Waals surface area contributed by atoms with Crippen molar-refractivity contribution in [1.29, 1.82) is 0 Å². The minimum absolute atomic E-state index is 0.0772. The van der Waals surface area contributed by atoms with Crippen LogP contribution >= 0.6 is 11.3 Å². The van der Waals surface area contributed by atoms with Gasteiger partial charge in [-0.15, -0.1) is 11.3 Å². The quantitative estimate of drug-likeness (QED) is 0.922. The molecule has 2 aromatic rings. The van der Waals surface area contributed by atoms with Crippen molar-refractivity contribution >= 4 is 27.3 Å². The molecule has 1 saturated heterocycles. The molecule has 112 valence electrons. The Morgan fingerprint density at radius 2 is 2.10 bits per heavy atom. The lowest BCUT2D eigenvalue weighted by Crippen LogP contribution is -2.33. The van der Waals surface area contributed by atoms with Crippen molar-refractivity contribution in [3.8, 4) is 0 Å². The zero-order valence-electron chi connectivity index (χ0n) is 12.2. The van der Waals surface area contributed by atoms with Crippen LogP contribution in [0.3, 0.4) is 0 Å². The molecule has 0 atom stereocenters. The van der Waals surface area contributed by atoms with Gasteiger partial charge in [0.05, 0.1) is 9.58 Å². The first-order valence-corrected chi connectivity index (χ1v) is 8.73. The fourth-order valence-corrected chi connectivity index (χ4v) is 4.06. The normalized spacial score (nSPS) is 19.4. The van der Waals surface area contributed by atoms with Crippen molar-refractivity contribution in [2.24, 2.45) is 0 Å². The molecule has 4 nitrogen and oxygen atoms in total. The van der Waals surface area contributed by atoms with Gasteiger partial charge in [-0.2, -0.15) is 0 Å².